The van der Waals surface area contributed by atoms with Gasteiger partial charge in [0.15, 0.2) is 0 Å². The number of aromatic hydroxyl groups is 1. The van der Waals surface area contributed by atoms with Crippen LogP contribution in [0, 0.1) is 11.7 Å². The summed E-state index contributed by atoms with van der Waals surface area (Å²) in [4.78, 5) is 28.6. The molecular weight excluding hydrogens is 311 g/mol. The fraction of sp³-hybridized carbons (Fsp3) is 0.556. The van der Waals surface area contributed by atoms with E-state index in [0.717, 1.165) is 25.7 Å². The third-order valence-electron chi connectivity index (χ3n) is 5.50. The Morgan fingerprint density at radius 3 is 2.71 bits per heavy atom. The predicted molar refractivity (Wildman–Crippen MR) is 85.0 cm³/mol. The second-order valence-corrected chi connectivity index (χ2v) is 7.07. The number of hydrogen-bond acceptors (Lipinski definition) is 3. The van der Waals surface area contributed by atoms with Crippen molar-refractivity contribution in [1.82, 2.24) is 9.80 Å². The molecule has 1 aromatic rings. The zero-order valence-electron chi connectivity index (χ0n) is 13.4. The van der Waals surface area contributed by atoms with E-state index in [1.54, 1.807) is 4.90 Å². The number of piperidine rings is 2. The van der Waals surface area contributed by atoms with E-state index in [4.69, 9.17) is 0 Å². The maximum absolute atomic E-state index is 14.0. The van der Waals surface area contributed by atoms with E-state index in [0.29, 0.717) is 25.6 Å². The summed E-state index contributed by atoms with van der Waals surface area (Å²) in [6, 6.07) is 4.50. The van der Waals surface area contributed by atoms with E-state index < -0.39 is 11.7 Å². The molecule has 1 N–H and O–H groups in total. The summed E-state index contributed by atoms with van der Waals surface area (Å²) in [5.74, 6) is -0.986. The van der Waals surface area contributed by atoms with Crippen LogP contribution in [-0.4, -0.2) is 51.9 Å². The average molecular weight is 332 g/mol. The number of carbonyl (C=O) groups excluding carboxylic acids is 2. The first kappa shape index (κ1) is 15.4. The maximum atomic E-state index is 14.0. The van der Waals surface area contributed by atoms with Crippen LogP contribution in [0.25, 0.3) is 0 Å². The van der Waals surface area contributed by atoms with Crippen LogP contribution in [-0.2, 0) is 4.79 Å². The maximum Gasteiger partial charge on any atom is 0.260 e. The normalized spacial score (nSPS) is 27.1. The third-order valence-corrected chi connectivity index (χ3v) is 5.50. The number of benzene rings is 1. The Hall–Kier alpha value is -2.11. The highest BCUT2D eigenvalue weighted by atomic mass is 19.1. The van der Waals surface area contributed by atoms with Crippen molar-refractivity contribution < 1.29 is 19.1 Å². The topological polar surface area (TPSA) is 60.9 Å². The molecule has 0 bridgehead atoms. The summed E-state index contributed by atoms with van der Waals surface area (Å²) in [5, 5.41) is 9.84. The molecule has 24 heavy (non-hydrogen) atoms. The van der Waals surface area contributed by atoms with E-state index in [1.807, 2.05) is 0 Å². The van der Waals surface area contributed by atoms with Gasteiger partial charge in [-0.05, 0) is 43.7 Å². The number of nitrogens with zero attached hydrogens (tertiary/aromatic N) is 2. The van der Waals surface area contributed by atoms with Gasteiger partial charge in [-0.3, -0.25) is 9.59 Å². The minimum absolute atomic E-state index is 0.206. The van der Waals surface area contributed by atoms with Crippen LogP contribution in [0.4, 0.5) is 4.39 Å². The molecule has 128 valence electrons. The van der Waals surface area contributed by atoms with Crippen molar-refractivity contribution in [3.63, 3.8) is 0 Å². The van der Waals surface area contributed by atoms with E-state index >= 15 is 0 Å². The van der Waals surface area contributed by atoms with Crippen molar-refractivity contribution in [3.8, 4) is 5.75 Å². The smallest absolute Gasteiger partial charge is 0.260 e. The van der Waals surface area contributed by atoms with Gasteiger partial charge in [-0.25, -0.2) is 4.39 Å². The molecule has 2 saturated heterocycles. The average Bonchev–Trinajstić information content (AvgIpc) is 3.38. The second kappa shape index (κ2) is 5.76. The first-order valence-corrected chi connectivity index (χ1v) is 8.64. The molecule has 0 spiro atoms. The summed E-state index contributed by atoms with van der Waals surface area (Å²) in [7, 11) is 0. The molecule has 3 aliphatic rings. The molecule has 1 aromatic carbocycles. The molecule has 2 heterocycles. The SMILES string of the molecule is O=C(c1c(O)cccc1F)N1CC[C@@H]2[C@@H](CCC(=O)N2C2CC2)C1. The summed E-state index contributed by atoms with van der Waals surface area (Å²) in [5.41, 5.74) is -0.248. The number of rotatable bonds is 2. The summed E-state index contributed by atoms with van der Waals surface area (Å²) >= 11 is 0. The molecule has 2 amide bonds. The van der Waals surface area contributed by atoms with E-state index in [1.165, 1.54) is 18.2 Å². The molecule has 5 nitrogen and oxygen atoms in total. The summed E-state index contributed by atoms with van der Waals surface area (Å²) in [6.45, 7) is 1.01. The lowest BCUT2D eigenvalue weighted by molar-refractivity contribution is -0.141. The molecule has 3 fully saturated rings. The zero-order valence-corrected chi connectivity index (χ0v) is 13.4. The highest BCUT2D eigenvalue weighted by Crippen LogP contribution is 2.39. The number of phenolic OH excluding ortho intramolecular Hbond substituents is 1. The van der Waals surface area contributed by atoms with Gasteiger partial charge in [0, 0.05) is 31.6 Å². The van der Waals surface area contributed by atoms with Crippen LogP contribution < -0.4 is 0 Å². The lowest BCUT2D eigenvalue weighted by Gasteiger charge is -2.47. The molecule has 2 aliphatic heterocycles. The van der Waals surface area contributed by atoms with E-state index in [2.05, 4.69) is 4.90 Å². The predicted octanol–water partition coefficient (Wildman–Crippen LogP) is 2.15. The van der Waals surface area contributed by atoms with Crippen molar-refractivity contribution >= 4 is 11.8 Å². The number of phenols is 1. The largest absolute Gasteiger partial charge is 0.507 e. The highest BCUT2D eigenvalue weighted by molar-refractivity contribution is 5.97. The molecule has 0 unspecified atom stereocenters. The van der Waals surface area contributed by atoms with Crippen molar-refractivity contribution in [1.29, 1.82) is 0 Å². The van der Waals surface area contributed by atoms with Gasteiger partial charge < -0.3 is 14.9 Å². The first-order valence-electron chi connectivity index (χ1n) is 8.64. The zero-order chi connectivity index (χ0) is 16.8. The van der Waals surface area contributed by atoms with Crippen molar-refractivity contribution in [2.24, 2.45) is 5.92 Å². The van der Waals surface area contributed by atoms with Gasteiger partial charge in [0.1, 0.15) is 17.1 Å². The second-order valence-electron chi connectivity index (χ2n) is 7.07. The highest BCUT2D eigenvalue weighted by Gasteiger charge is 2.46. The molecule has 6 heteroatoms. The Balaban J connectivity index is 1.52. The Morgan fingerprint density at radius 2 is 2.00 bits per heavy atom. The Bertz CT molecular complexity index is 669. The van der Waals surface area contributed by atoms with E-state index in [-0.39, 0.29) is 29.2 Å². The van der Waals surface area contributed by atoms with Crippen LogP contribution in [0.5, 0.6) is 5.75 Å². The minimum atomic E-state index is -0.694. The van der Waals surface area contributed by atoms with Gasteiger partial charge in [-0.15, -0.1) is 0 Å². The molecular formula is C18H21FN2O3. The monoisotopic (exact) mass is 332 g/mol. The number of amides is 2. The lowest BCUT2D eigenvalue weighted by Crippen LogP contribution is -2.57. The summed E-state index contributed by atoms with van der Waals surface area (Å²) in [6.07, 6.45) is 4.21. The van der Waals surface area contributed by atoms with Gasteiger partial charge in [-0.2, -0.15) is 0 Å². The van der Waals surface area contributed by atoms with Crippen LogP contribution in [0.1, 0.15) is 42.5 Å². The standard InChI is InChI=1S/C18H21FN2O3/c19-13-2-1-3-15(22)17(13)18(24)20-9-8-14-11(10-20)4-7-16(23)21(14)12-5-6-12/h1-3,11-12,14,22H,4-10H2/t11-,14+/m0/s1. The van der Waals surface area contributed by atoms with Crippen LogP contribution >= 0.6 is 0 Å². The lowest BCUT2D eigenvalue weighted by atomic mass is 9.83. The number of hydrogen-bond donors (Lipinski definition) is 1. The van der Waals surface area contributed by atoms with Crippen molar-refractivity contribution in [2.45, 2.75) is 44.2 Å². The van der Waals surface area contributed by atoms with Crippen molar-refractivity contribution in [3.05, 3.63) is 29.6 Å². The van der Waals surface area contributed by atoms with Gasteiger partial charge in [0.05, 0.1) is 0 Å². The Kier molecular flexibility index (Phi) is 3.70. The molecule has 0 aromatic heterocycles. The fourth-order valence-electron chi connectivity index (χ4n) is 4.19. The number of carbonyl (C=O) groups is 2. The third kappa shape index (κ3) is 2.54. The molecule has 1 saturated carbocycles. The number of fused-ring (bicyclic) bond motifs is 1. The first-order chi connectivity index (χ1) is 11.6. The van der Waals surface area contributed by atoms with Gasteiger partial charge in [0.2, 0.25) is 5.91 Å². The number of halogens is 1. The quantitative estimate of drug-likeness (QED) is 0.903. The Morgan fingerprint density at radius 1 is 1.21 bits per heavy atom. The minimum Gasteiger partial charge on any atom is -0.507 e. The van der Waals surface area contributed by atoms with Crippen LogP contribution in [0.3, 0.4) is 0 Å². The van der Waals surface area contributed by atoms with Gasteiger partial charge in [0.25, 0.3) is 5.91 Å². The molecule has 0 radical (unpaired) electrons. The molecule has 1 aliphatic carbocycles. The molecule has 2 atom stereocenters. The van der Waals surface area contributed by atoms with Crippen LogP contribution in [0.15, 0.2) is 18.2 Å². The van der Waals surface area contributed by atoms with Crippen molar-refractivity contribution in [2.75, 3.05) is 13.1 Å². The van der Waals surface area contributed by atoms with Gasteiger partial charge in [-0.1, -0.05) is 6.07 Å². The van der Waals surface area contributed by atoms with Gasteiger partial charge >= 0.3 is 0 Å². The Labute approximate surface area is 140 Å². The van der Waals surface area contributed by atoms with Crippen LogP contribution in [0.2, 0.25) is 0 Å². The van der Waals surface area contributed by atoms with E-state index in [9.17, 15) is 19.1 Å². The summed E-state index contributed by atoms with van der Waals surface area (Å²) < 4.78 is 14.0. The molecule has 4 rings (SSSR count). The number of likely N-dealkylation sites (tertiary alicyclic amines) is 2. The fourth-order valence-corrected chi connectivity index (χ4v) is 4.19.